The second-order valence-corrected chi connectivity index (χ2v) is 3.13. The van der Waals surface area contributed by atoms with Crippen molar-refractivity contribution in [3.05, 3.63) is 17.7 Å². The van der Waals surface area contributed by atoms with Crippen molar-refractivity contribution in [2.24, 2.45) is 0 Å². The molecule has 5 N–H and O–H groups in total. The molecule has 0 atom stereocenters. The van der Waals surface area contributed by atoms with E-state index in [2.05, 4.69) is 5.32 Å². The SMILES string of the molecule is Nc1ccc(N)c2c1CCCN2. The van der Waals surface area contributed by atoms with Gasteiger partial charge in [0, 0.05) is 17.8 Å². The van der Waals surface area contributed by atoms with E-state index in [1.807, 2.05) is 12.1 Å². The van der Waals surface area contributed by atoms with E-state index >= 15 is 0 Å². The van der Waals surface area contributed by atoms with Crippen molar-refractivity contribution in [1.29, 1.82) is 0 Å². The Balaban J connectivity index is 2.57. The van der Waals surface area contributed by atoms with E-state index in [0.29, 0.717) is 0 Å². The third kappa shape index (κ3) is 0.978. The molecular weight excluding hydrogens is 150 g/mol. The molecule has 3 heteroatoms. The molecule has 2 rings (SSSR count). The minimum Gasteiger partial charge on any atom is -0.398 e. The van der Waals surface area contributed by atoms with E-state index in [1.165, 1.54) is 5.56 Å². The molecular formula is C9H13N3. The van der Waals surface area contributed by atoms with Gasteiger partial charge in [-0.3, -0.25) is 0 Å². The predicted octanol–water partition coefficient (Wildman–Crippen LogP) is 1.21. The summed E-state index contributed by atoms with van der Waals surface area (Å²) in [4.78, 5) is 0. The molecule has 1 aromatic rings. The lowest BCUT2D eigenvalue weighted by Crippen LogP contribution is -2.15. The second kappa shape index (κ2) is 2.59. The first-order valence-corrected chi connectivity index (χ1v) is 4.20. The summed E-state index contributed by atoms with van der Waals surface area (Å²) in [5, 5.41) is 3.27. The Morgan fingerprint density at radius 1 is 1.17 bits per heavy atom. The minimum atomic E-state index is 0.805. The standard InChI is InChI=1S/C9H13N3/c10-7-3-4-8(11)9-6(7)2-1-5-12-9/h3-4,12H,1-2,5,10-11H2. The first-order valence-electron chi connectivity index (χ1n) is 4.20. The van der Waals surface area contributed by atoms with Gasteiger partial charge in [-0.15, -0.1) is 0 Å². The maximum Gasteiger partial charge on any atom is 0.0627 e. The van der Waals surface area contributed by atoms with Crippen LogP contribution in [0.5, 0.6) is 0 Å². The highest BCUT2D eigenvalue weighted by atomic mass is 14.9. The number of rotatable bonds is 0. The largest absolute Gasteiger partial charge is 0.398 e. The van der Waals surface area contributed by atoms with Crippen molar-refractivity contribution in [3.63, 3.8) is 0 Å². The summed E-state index contributed by atoms with van der Waals surface area (Å²) < 4.78 is 0. The van der Waals surface area contributed by atoms with Crippen LogP contribution in [0.15, 0.2) is 12.1 Å². The summed E-state index contributed by atoms with van der Waals surface area (Å²) in [6, 6.07) is 3.73. The molecule has 0 saturated carbocycles. The van der Waals surface area contributed by atoms with Crippen LogP contribution in [-0.4, -0.2) is 6.54 Å². The summed E-state index contributed by atoms with van der Waals surface area (Å²) in [7, 11) is 0. The second-order valence-electron chi connectivity index (χ2n) is 3.13. The number of nitrogens with two attached hydrogens (primary N) is 2. The van der Waals surface area contributed by atoms with Crippen LogP contribution in [0, 0.1) is 0 Å². The fraction of sp³-hybridized carbons (Fsp3) is 0.333. The molecule has 0 unspecified atom stereocenters. The Morgan fingerprint density at radius 2 is 1.92 bits per heavy atom. The van der Waals surface area contributed by atoms with Gasteiger partial charge in [0.25, 0.3) is 0 Å². The van der Waals surface area contributed by atoms with Crippen molar-refractivity contribution in [3.8, 4) is 0 Å². The van der Waals surface area contributed by atoms with Crippen LogP contribution in [-0.2, 0) is 6.42 Å². The zero-order valence-electron chi connectivity index (χ0n) is 6.93. The number of nitrogens with one attached hydrogen (secondary N) is 1. The molecule has 1 heterocycles. The summed E-state index contributed by atoms with van der Waals surface area (Å²) in [5.74, 6) is 0. The molecule has 1 aliphatic heterocycles. The highest BCUT2D eigenvalue weighted by Crippen LogP contribution is 2.32. The van der Waals surface area contributed by atoms with Gasteiger partial charge < -0.3 is 16.8 Å². The van der Waals surface area contributed by atoms with E-state index < -0.39 is 0 Å². The molecule has 12 heavy (non-hydrogen) atoms. The molecule has 0 aliphatic carbocycles. The van der Waals surface area contributed by atoms with Gasteiger partial charge >= 0.3 is 0 Å². The quantitative estimate of drug-likeness (QED) is 0.504. The van der Waals surface area contributed by atoms with Crippen LogP contribution >= 0.6 is 0 Å². The molecule has 0 spiro atoms. The first kappa shape index (κ1) is 7.28. The lowest BCUT2D eigenvalue weighted by atomic mass is 10.0. The molecule has 64 valence electrons. The predicted molar refractivity (Wildman–Crippen MR) is 52.1 cm³/mol. The lowest BCUT2D eigenvalue weighted by Gasteiger charge is -2.21. The normalized spacial score (nSPS) is 15.0. The third-order valence-electron chi connectivity index (χ3n) is 2.29. The van der Waals surface area contributed by atoms with Gasteiger partial charge in [0.1, 0.15) is 0 Å². The highest BCUT2D eigenvalue weighted by molar-refractivity contribution is 5.77. The number of hydrogen-bond acceptors (Lipinski definition) is 3. The van der Waals surface area contributed by atoms with Gasteiger partial charge in [-0.2, -0.15) is 0 Å². The molecule has 0 saturated heterocycles. The Morgan fingerprint density at radius 3 is 2.67 bits per heavy atom. The van der Waals surface area contributed by atoms with Crippen molar-refractivity contribution < 1.29 is 0 Å². The zero-order chi connectivity index (χ0) is 8.55. The Hall–Kier alpha value is -1.38. The molecule has 0 amide bonds. The lowest BCUT2D eigenvalue weighted by molar-refractivity contribution is 0.833. The molecule has 0 fully saturated rings. The topological polar surface area (TPSA) is 64.1 Å². The fourth-order valence-electron chi connectivity index (χ4n) is 1.64. The average Bonchev–Trinajstić information content (AvgIpc) is 2.12. The van der Waals surface area contributed by atoms with Crippen molar-refractivity contribution >= 4 is 17.1 Å². The molecule has 0 aromatic heterocycles. The summed E-state index contributed by atoms with van der Waals surface area (Å²) in [6.45, 7) is 1.00. The van der Waals surface area contributed by atoms with Crippen LogP contribution in [0.2, 0.25) is 0 Å². The molecule has 0 bridgehead atoms. The van der Waals surface area contributed by atoms with Gasteiger partial charge in [0.2, 0.25) is 0 Å². The summed E-state index contributed by atoms with van der Waals surface area (Å²) >= 11 is 0. The highest BCUT2D eigenvalue weighted by Gasteiger charge is 2.13. The Bertz CT molecular complexity index is 276. The number of nitrogen functional groups attached to an aromatic ring is 2. The van der Waals surface area contributed by atoms with Crippen LogP contribution in [0.25, 0.3) is 0 Å². The van der Waals surface area contributed by atoms with E-state index in [9.17, 15) is 0 Å². The summed E-state index contributed by atoms with van der Waals surface area (Å²) in [6.07, 6.45) is 2.18. The Kier molecular flexibility index (Phi) is 1.57. The number of anilines is 3. The molecule has 0 radical (unpaired) electrons. The van der Waals surface area contributed by atoms with Gasteiger partial charge in [0.15, 0.2) is 0 Å². The third-order valence-corrected chi connectivity index (χ3v) is 2.29. The van der Waals surface area contributed by atoms with Crippen molar-refractivity contribution in [2.45, 2.75) is 12.8 Å². The smallest absolute Gasteiger partial charge is 0.0627 e. The number of fused-ring (bicyclic) bond motifs is 1. The van der Waals surface area contributed by atoms with Crippen LogP contribution in [0.3, 0.4) is 0 Å². The van der Waals surface area contributed by atoms with Crippen LogP contribution in [0.4, 0.5) is 17.1 Å². The van der Waals surface area contributed by atoms with Gasteiger partial charge in [-0.1, -0.05) is 0 Å². The van der Waals surface area contributed by atoms with E-state index in [0.717, 1.165) is 36.4 Å². The monoisotopic (exact) mass is 163 g/mol. The maximum atomic E-state index is 5.81. The molecule has 1 aromatic carbocycles. The van der Waals surface area contributed by atoms with Crippen LogP contribution in [0.1, 0.15) is 12.0 Å². The van der Waals surface area contributed by atoms with E-state index in [1.54, 1.807) is 0 Å². The molecule has 1 aliphatic rings. The molecule has 3 nitrogen and oxygen atoms in total. The number of hydrogen-bond donors (Lipinski definition) is 3. The Labute approximate surface area is 71.8 Å². The van der Waals surface area contributed by atoms with Gasteiger partial charge in [0.05, 0.1) is 11.4 Å². The zero-order valence-corrected chi connectivity index (χ0v) is 6.93. The van der Waals surface area contributed by atoms with Crippen molar-refractivity contribution in [2.75, 3.05) is 23.3 Å². The average molecular weight is 163 g/mol. The summed E-state index contributed by atoms with van der Waals surface area (Å²) in [5.41, 5.74) is 15.5. The van der Waals surface area contributed by atoms with Crippen molar-refractivity contribution in [1.82, 2.24) is 0 Å². The first-order chi connectivity index (χ1) is 5.79. The number of benzene rings is 1. The van der Waals surface area contributed by atoms with E-state index in [4.69, 9.17) is 11.5 Å². The van der Waals surface area contributed by atoms with Gasteiger partial charge in [-0.25, -0.2) is 0 Å². The van der Waals surface area contributed by atoms with Gasteiger partial charge in [-0.05, 0) is 25.0 Å². The fourth-order valence-corrected chi connectivity index (χ4v) is 1.64. The maximum absolute atomic E-state index is 5.81. The van der Waals surface area contributed by atoms with E-state index in [-0.39, 0.29) is 0 Å². The van der Waals surface area contributed by atoms with Crippen LogP contribution < -0.4 is 16.8 Å². The minimum absolute atomic E-state index is 0.805.